The molecule has 0 aliphatic rings. The summed E-state index contributed by atoms with van der Waals surface area (Å²) in [5.74, 6) is 0. The normalized spacial score (nSPS) is 16.8. The van der Waals surface area contributed by atoms with Crippen LogP contribution in [0.5, 0.6) is 0 Å². The maximum atomic E-state index is 5.45. The third kappa shape index (κ3) is 3.81. The zero-order chi connectivity index (χ0) is 8.04. The molecule has 0 aromatic carbocycles. The van der Waals surface area contributed by atoms with E-state index >= 15 is 0 Å². The molecule has 1 nitrogen and oxygen atoms in total. The number of unbranched alkanes of at least 4 members (excludes halogenated alkanes) is 1. The molecule has 0 radical (unpaired) electrons. The molecule has 0 aromatic rings. The number of rotatable bonds is 5. The summed E-state index contributed by atoms with van der Waals surface area (Å²) < 4.78 is 5.71. The van der Waals surface area contributed by atoms with Crippen molar-refractivity contribution in [3.63, 3.8) is 0 Å². The van der Waals surface area contributed by atoms with Gasteiger partial charge in [-0.1, -0.05) is 0 Å². The second kappa shape index (κ2) is 5.41. The van der Waals surface area contributed by atoms with Crippen molar-refractivity contribution in [3.05, 3.63) is 0 Å². The van der Waals surface area contributed by atoms with Crippen LogP contribution < -0.4 is 0 Å². The van der Waals surface area contributed by atoms with Gasteiger partial charge in [0, 0.05) is 0 Å². The van der Waals surface area contributed by atoms with Crippen molar-refractivity contribution >= 4 is 20.9 Å². The van der Waals surface area contributed by atoms with Crippen LogP contribution in [-0.2, 0) is 4.74 Å². The Bertz CT molecular complexity index is 79.3. The molecule has 0 aliphatic heterocycles. The molecule has 0 aliphatic carbocycles. The molecule has 62 valence electrons. The van der Waals surface area contributed by atoms with E-state index in [1.54, 1.807) is 0 Å². The molecule has 0 amide bonds. The van der Waals surface area contributed by atoms with Crippen LogP contribution in [0.2, 0.25) is 4.97 Å². The molecule has 0 saturated carbocycles. The van der Waals surface area contributed by atoms with Crippen LogP contribution in [0, 0.1) is 0 Å². The van der Waals surface area contributed by atoms with E-state index in [0.29, 0.717) is 0 Å². The van der Waals surface area contributed by atoms with Crippen molar-refractivity contribution in [3.8, 4) is 0 Å². The van der Waals surface area contributed by atoms with E-state index in [2.05, 4.69) is 18.8 Å². The predicted molar refractivity (Wildman–Crippen MR) is 46.6 cm³/mol. The summed E-state index contributed by atoms with van der Waals surface area (Å²) in [5, 5.41) is 0. The average Bonchev–Trinajstić information content (AvgIpc) is 2.00. The quantitative estimate of drug-likeness (QED) is 0.687. The molecule has 0 bridgehead atoms. The summed E-state index contributed by atoms with van der Waals surface area (Å²) in [6, 6.07) is 0. The van der Waals surface area contributed by atoms with Gasteiger partial charge >= 0.3 is 74.5 Å². The topological polar surface area (TPSA) is 9.23 Å². The molecule has 0 aromatic heterocycles. The molecule has 1 atom stereocenters. The summed E-state index contributed by atoms with van der Waals surface area (Å²) >= 11 is 0.0610. The van der Waals surface area contributed by atoms with E-state index in [9.17, 15) is 0 Å². The molecule has 2 heteroatoms. The Morgan fingerprint density at radius 1 is 1.50 bits per heavy atom. The first-order valence-corrected chi connectivity index (χ1v) is 7.28. The second-order valence-electron chi connectivity index (χ2n) is 2.65. The Hall–Kier alpha value is 0.750. The SMILES string of the molecule is CCCCC(C)(OC)[Te]C. The molecule has 0 rings (SSSR count). The van der Waals surface area contributed by atoms with Gasteiger partial charge in [0.1, 0.15) is 0 Å². The van der Waals surface area contributed by atoms with Gasteiger partial charge in [-0.2, -0.15) is 0 Å². The fourth-order valence-electron chi connectivity index (χ4n) is 0.785. The van der Waals surface area contributed by atoms with E-state index < -0.39 is 0 Å². The fourth-order valence-corrected chi connectivity index (χ4v) is 2.26. The Morgan fingerprint density at radius 2 is 2.10 bits per heavy atom. The average molecular weight is 258 g/mol. The van der Waals surface area contributed by atoms with Gasteiger partial charge < -0.3 is 0 Å². The van der Waals surface area contributed by atoms with Gasteiger partial charge in [-0.3, -0.25) is 0 Å². The van der Waals surface area contributed by atoms with Crippen molar-refractivity contribution < 1.29 is 4.74 Å². The first kappa shape index (κ1) is 10.7. The maximum absolute atomic E-state index is 5.45. The molecule has 10 heavy (non-hydrogen) atoms. The van der Waals surface area contributed by atoms with E-state index in [-0.39, 0.29) is 24.6 Å². The predicted octanol–water partition coefficient (Wildman–Crippen LogP) is 2.29. The van der Waals surface area contributed by atoms with Crippen LogP contribution in [0.4, 0.5) is 0 Å². The molecule has 0 heterocycles. The van der Waals surface area contributed by atoms with E-state index in [0.717, 1.165) is 0 Å². The molecule has 0 N–H and O–H groups in total. The number of ether oxygens (including phenoxy) is 1. The first-order valence-electron chi connectivity index (χ1n) is 3.79. The van der Waals surface area contributed by atoms with Gasteiger partial charge in [0.05, 0.1) is 0 Å². The molecular formula is C8H18OTe. The van der Waals surface area contributed by atoms with Crippen molar-refractivity contribution in [2.24, 2.45) is 0 Å². The second-order valence-corrected chi connectivity index (χ2v) is 6.28. The summed E-state index contributed by atoms with van der Waals surface area (Å²) in [4.78, 5) is 2.31. The summed E-state index contributed by atoms with van der Waals surface area (Å²) in [7, 11) is 1.84. The first-order chi connectivity index (χ1) is 4.68. The Labute approximate surface area is 74.6 Å². The van der Waals surface area contributed by atoms with Crippen molar-refractivity contribution in [2.75, 3.05) is 7.11 Å². The zero-order valence-electron chi connectivity index (χ0n) is 7.44. The molecule has 1 unspecified atom stereocenters. The van der Waals surface area contributed by atoms with Gasteiger partial charge in [-0.25, -0.2) is 0 Å². The van der Waals surface area contributed by atoms with Gasteiger partial charge in [-0.15, -0.1) is 0 Å². The third-order valence-electron chi connectivity index (χ3n) is 1.85. The number of methoxy groups -OCH3 is 1. The van der Waals surface area contributed by atoms with Crippen molar-refractivity contribution in [1.82, 2.24) is 0 Å². The Balaban J connectivity index is 3.58. The zero-order valence-corrected chi connectivity index (χ0v) is 9.77. The Morgan fingerprint density at radius 3 is 2.40 bits per heavy atom. The number of hydrogen-bond acceptors (Lipinski definition) is 1. The monoisotopic (exact) mass is 260 g/mol. The van der Waals surface area contributed by atoms with E-state index in [1.165, 1.54) is 19.3 Å². The van der Waals surface area contributed by atoms with Crippen molar-refractivity contribution in [1.29, 1.82) is 0 Å². The van der Waals surface area contributed by atoms with Crippen LogP contribution in [0.25, 0.3) is 0 Å². The molecule has 0 spiro atoms. The van der Waals surface area contributed by atoms with E-state index in [1.807, 2.05) is 7.11 Å². The van der Waals surface area contributed by atoms with Crippen LogP contribution in [0.15, 0.2) is 0 Å². The van der Waals surface area contributed by atoms with Crippen LogP contribution in [0.3, 0.4) is 0 Å². The van der Waals surface area contributed by atoms with E-state index in [4.69, 9.17) is 4.74 Å². The van der Waals surface area contributed by atoms with Crippen molar-refractivity contribution in [2.45, 2.75) is 41.7 Å². The minimum atomic E-state index is 0.0610. The van der Waals surface area contributed by atoms with Crippen LogP contribution in [-0.4, -0.2) is 31.7 Å². The van der Waals surface area contributed by atoms with Crippen LogP contribution >= 0.6 is 0 Å². The summed E-state index contributed by atoms with van der Waals surface area (Å²) in [6.45, 7) is 4.47. The molecule has 0 saturated heterocycles. The third-order valence-corrected chi connectivity index (χ3v) is 5.37. The standard InChI is InChI=1S/C8H18OTe/c1-5-6-7-8(2,9-3)10-4/h5-7H2,1-4H3. The minimum absolute atomic E-state index is 0.0610. The summed E-state index contributed by atoms with van der Waals surface area (Å²) in [5.41, 5.74) is 0. The number of hydrogen-bond donors (Lipinski definition) is 0. The molecular weight excluding hydrogens is 240 g/mol. The van der Waals surface area contributed by atoms with Gasteiger partial charge in [0.25, 0.3) is 0 Å². The Kier molecular flexibility index (Phi) is 5.81. The van der Waals surface area contributed by atoms with Gasteiger partial charge in [0.2, 0.25) is 0 Å². The van der Waals surface area contributed by atoms with Crippen LogP contribution in [0.1, 0.15) is 33.1 Å². The fraction of sp³-hybridized carbons (Fsp3) is 1.00. The summed E-state index contributed by atoms with van der Waals surface area (Å²) in [6.07, 6.45) is 3.84. The van der Waals surface area contributed by atoms with Gasteiger partial charge in [-0.05, 0) is 0 Å². The van der Waals surface area contributed by atoms with Gasteiger partial charge in [0.15, 0.2) is 0 Å². The molecule has 0 fully saturated rings.